The fourth-order valence-corrected chi connectivity index (χ4v) is 2.09. The fourth-order valence-electron chi connectivity index (χ4n) is 1.45. The lowest BCUT2D eigenvalue weighted by molar-refractivity contribution is -0.385. The molecule has 1 rings (SSSR count). The average molecular weight is 259 g/mol. The molecule has 0 radical (unpaired) electrons. The second-order valence-electron chi connectivity index (χ2n) is 3.75. The van der Waals surface area contributed by atoms with Gasteiger partial charge in [-0.05, 0) is 31.5 Å². The zero-order valence-corrected chi connectivity index (χ0v) is 10.5. The molecule has 0 N–H and O–H groups in total. The van der Waals surface area contributed by atoms with Crippen LogP contribution in [0.2, 0.25) is 0 Å². The van der Waals surface area contributed by atoms with E-state index >= 15 is 0 Å². The van der Waals surface area contributed by atoms with Crippen molar-refractivity contribution < 1.29 is 17.5 Å². The van der Waals surface area contributed by atoms with Gasteiger partial charge in [-0.1, -0.05) is 0 Å². The molecule has 1 atom stereocenters. The third-order valence-electron chi connectivity index (χ3n) is 2.21. The summed E-state index contributed by atoms with van der Waals surface area (Å²) in [7, 11) is -3.54. The Labute approximate surface area is 99.5 Å². The first kappa shape index (κ1) is 13.6. The Hall–Kier alpha value is -1.47. The normalized spacial score (nSPS) is 13.4. The summed E-state index contributed by atoms with van der Waals surface area (Å²) in [6, 6.07) is 4.38. The van der Waals surface area contributed by atoms with Crippen molar-refractivity contribution in [3.63, 3.8) is 0 Å². The van der Waals surface area contributed by atoms with Crippen LogP contribution in [-0.2, 0) is 14.3 Å². The first-order valence-corrected chi connectivity index (χ1v) is 6.65. The molecule has 17 heavy (non-hydrogen) atoms. The molecule has 0 heterocycles. The van der Waals surface area contributed by atoms with Gasteiger partial charge in [-0.15, -0.1) is 0 Å². The van der Waals surface area contributed by atoms with E-state index in [1.807, 2.05) is 0 Å². The van der Waals surface area contributed by atoms with Crippen LogP contribution >= 0.6 is 0 Å². The molecular weight excluding hydrogens is 246 g/mol. The fraction of sp³-hybridized carbons (Fsp3) is 0.400. The van der Waals surface area contributed by atoms with Crippen molar-refractivity contribution in [2.45, 2.75) is 20.0 Å². The lowest BCUT2D eigenvalue weighted by Gasteiger charge is -2.11. The summed E-state index contributed by atoms with van der Waals surface area (Å²) in [5.41, 5.74) is 1.05. The van der Waals surface area contributed by atoms with Gasteiger partial charge in [0.25, 0.3) is 15.8 Å². The SMILES string of the molecule is Cc1cc(C(C)OS(C)(=O)=O)ccc1[N+](=O)[O-]. The molecular formula is C10H13NO5S. The average Bonchev–Trinajstić information content (AvgIpc) is 2.14. The second-order valence-corrected chi connectivity index (χ2v) is 5.35. The van der Waals surface area contributed by atoms with Gasteiger partial charge >= 0.3 is 0 Å². The molecule has 0 aliphatic carbocycles. The molecule has 94 valence electrons. The third-order valence-corrected chi connectivity index (χ3v) is 2.84. The van der Waals surface area contributed by atoms with E-state index in [4.69, 9.17) is 4.18 Å². The first-order valence-electron chi connectivity index (χ1n) is 4.84. The van der Waals surface area contributed by atoms with Gasteiger partial charge in [0.15, 0.2) is 0 Å². The molecule has 0 bridgehead atoms. The zero-order chi connectivity index (χ0) is 13.2. The van der Waals surface area contributed by atoms with Crippen LogP contribution in [-0.4, -0.2) is 19.6 Å². The van der Waals surface area contributed by atoms with E-state index in [9.17, 15) is 18.5 Å². The van der Waals surface area contributed by atoms with Crippen LogP contribution in [0.5, 0.6) is 0 Å². The highest BCUT2D eigenvalue weighted by Crippen LogP contribution is 2.25. The van der Waals surface area contributed by atoms with Crippen molar-refractivity contribution in [2.75, 3.05) is 6.26 Å². The highest BCUT2D eigenvalue weighted by atomic mass is 32.2. The molecule has 7 heteroatoms. The molecule has 1 unspecified atom stereocenters. The van der Waals surface area contributed by atoms with E-state index in [1.165, 1.54) is 12.1 Å². The standard InChI is InChI=1S/C10H13NO5S/c1-7-6-9(4-5-10(7)11(12)13)8(2)16-17(3,14)15/h4-6,8H,1-3H3. The van der Waals surface area contributed by atoms with Crippen LogP contribution in [0.1, 0.15) is 24.2 Å². The van der Waals surface area contributed by atoms with E-state index in [1.54, 1.807) is 19.9 Å². The summed E-state index contributed by atoms with van der Waals surface area (Å²) in [5, 5.41) is 10.6. The molecule has 0 saturated heterocycles. The maximum absolute atomic E-state index is 10.9. The van der Waals surface area contributed by atoms with Gasteiger partial charge < -0.3 is 0 Å². The molecule has 6 nitrogen and oxygen atoms in total. The molecule has 0 aromatic heterocycles. The Balaban J connectivity index is 3.02. The quantitative estimate of drug-likeness (QED) is 0.468. The van der Waals surface area contributed by atoms with E-state index in [0.29, 0.717) is 11.1 Å². The van der Waals surface area contributed by atoms with Crippen LogP contribution in [0.15, 0.2) is 18.2 Å². The van der Waals surface area contributed by atoms with Crippen LogP contribution in [0.25, 0.3) is 0 Å². The molecule has 0 fully saturated rings. The van der Waals surface area contributed by atoms with Gasteiger partial charge in [-0.3, -0.25) is 14.3 Å². The minimum absolute atomic E-state index is 0.000283. The first-order chi connectivity index (χ1) is 7.70. The van der Waals surface area contributed by atoms with Crippen LogP contribution < -0.4 is 0 Å². The summed E-state index contributed by atoms with van der Waals surface area (Å²) >= 11 is 0. The van der Waals surface area contributed by atoms with Gasteiger partial charge in [-0.2, -0.15) is 8.42 Å². The summed E-state index contributed by atoms with van der Waals surface area (Å²) in [6.07, 6.45) is 0.298. The Morgan fingerprint density at radius 2 is 2.00 bits per heavy atom. The maximum atomic E-state index is 10.9. The van der Waals surface area contributed by atoms with Gasteiger partial charge in [0.1, 0.15) is 0 Å². The summed E-state index contributed by atoms with van der Waals surface area (Å²) in [4.78, 5) is 10.1. The van der Waals surface area contributed by atoms with Crippen molar-refractivity contribution in [1.29, 1.82) is 0 Å². The number of nitrogens with zero attached hydrogens (tertiary/aromatic N) is 1. The monoisotopic (exact) mass is 259 g/mol. The maximum Gasteiger partial charge on any atom is 0.272 e. The number of hydrogen-bond acceptors (Lipinski definition) is 5. The van der Waals surface area contributed by atoms with Crippen LogP contribution in [0, 0.1) is 17.0 Å². The summed E-state index contributed by atoms with van der Waals surface area (Å²) in [6.45, 7) is 3.16. The molecule has 0 aliphatic heterocycles. The molecule has 0 aliphatic rings. The summed E-state index contributed by atoms with van der Waals surface area (Å²) < 4.78 is 26.7. The van der Waals surface area contributed by atoms with Crippen molar-refractivity contribution in [3.05, 3.63) is 39.4 Å². The van der Waals surface area contributed by atoms with Gasteiger partial charge in [0.2, 0.25) is 0 Å². The highest BCUT2D eigenvalue weighted by Gasteiger charge is 2.16. The minimum Gasteiger partial charge on any atom is -0.262 e. The zero-order valence-electron chi connectivity index (χ0n) is 9.71. The smallest absolute Gasteiger partial charge is 0.262 e. The van der Waals surface area contributed by atoms with Crippen molar-refractivity contribution in [3.8, 4) is 0 Å². The Morgan fingerprint density at radius 1 is 1.41 bits per heavy atom. The number of aryl methyl sites for hydroxylation is 1. The number of nitro benzene ring substituents is 1. The number of nitro groups is 1. The number of hydrogen-bond donors (Lipinski definition) is 0. The van der Waals surface area contributed by atoms with Gasteiger partial charge in [0, 0.05) is 11.6 Å². The third kappa shape index (κ3) is 3.79. The Morgan fingerprint density at radius 3 is 2.41 bits per heavy atom. The highest BCUT2D eigenvalue weighted by molar-refractivity contribution is 7.86. The van der Waals surface area contributed by atoms with Gasteiger partial charge in [-0.25, -0.2) is 0 Å². The molecule has 0 amide bonds. The van der Waals surface area contributed by atoms with Crippen molar-refractivity contribution >= 4 is 15.8 Å². The predicted molar refractivity (Wildman–Crippen MR) is 62.2 cm³/mol. The van der Waals surface area contributed by atoms with Crippen LogP contribution in [0.3, 0.4) is 0 Å². The molecule has 0 saturated carbocycles. The largest absolute Gasteiger partial charge is 0.272 e. The molecule has 1 aromatic rings. The van der Waals surface area contributed by atoms with E-state index in [0.717, 1.165) is 6.26 Å². The Bertz CT molecular complexity index is 538. The van der Waals surface area contributed by atoms with Crippen LogP contribution in [0.4, 0.5) is 5.69 Å². The lowest BCUT2D eigenvalue weighted by Crippen LogP contribution is -2.07. The van der Waals surface area contributed by atoms with E-state index in [-0.39, 0.29) is 5.69 Å². The van der Waals surface area contributed by atoms with E-state index in [2.05, 4.69) is 0 Å². The Kier molecular flexibility index (Phi) is 3.84. The van der Waals surface area contributed by atoms with Crippen molar-refractivity contribution in [1.82, 2.24) is 0 Å². The van der Waals surface area contributed by atoms with Gasteiger partial charge in [0.05, 0.1) is 17.3 Å². The topological polar surface area (TPSA) is 86.5 Å². The molecule has 0 spiro atoms. The second kappa shape index (κ2) is 4.80. The number of rotatable bonds is 4. The van der Waals surface area contributed by atoms with E-state index < -0.39 is 21.1 Å². The lowest BCUT2D eigenvalue weighted by atomic mass is 10.1. The van der Waals surface area contributed by atoms with Crippen molar-refractivity contribution in [2.24, 2.45) is 0 Å². The number of benzene rings is 1. The predicted octanol–water partition coefficient (Wildman–Crippen LogP) is 1.94. The summed E-state index contributed by atoms with van der Waals surface area (Å²) in [5.74, 6) is 0. The molecule has 1 aromatic carbocycles. The minimum atomic E-state index is -3.54.